The first-order chi connectivity index (χ1) is 15.7. The summed E-state index contributed by atoms with van der Waals surface area (Å²) >= 11 is 1.42. The molecule has 2 aliphatic rings. The zero-order valence-electron chi connectivity index (χ0n) is 18.4. The lowest BCUT2D eigenvalue weighted by molar-refractivity contribution is -0.114. The van der Waals surface area contributed by atoms with E-state index in [0.717, 1.165) is 11.3 Å². The molecule has 10 heteroatoms. The van der Waals surface area contributed by atoms with Gasteiger partial charge in [-0.3, -0.25) is 9.79 Å². The Bertz CT molecular complexity index is 1190. The third-order valence-corrected chi connectivity index (χ3v) is 8.58. The molecule has 174 valence electrons. The second kappa shape index (κ2) is 9.56. The summed E-state index contributed by atoms with van der Waals surface area (Å²) in [6, 6.07) is 14.0. The minimum Gasteiger partial charge on any atom is -0.462 e. The number of ether oxygens (including phenoxy) is 1. The molecule has 1 N–H and O–H groups in total. The molecule has 0 saturated carbocycles. The maximum atomic E-state index is 12.9. The van der Waals surface area contributed by atoms with Crippen LogP contribution in [0.5, 0.6) is 0 Å². The zero-order chi connectivity index (χ0) is 23.6. The normalized spacial score (nSPS) is 20.6. The van der Waals surface area contributed by atoms with Crippen molar-refractivity contribution < 1.29 is 22.7 Å². The van der Waals surface area contributed by atoms with E-state index >= 15 is 0 Å². The van der Waals surface area contributed by atoms with Crippen molar-refractivity contribution in [1.29, 1.82) is 0 Å². The number of nitrogens with zero attached hydrogens (tertiary/aromatic N) is 2. The number of fused-ring (bicyclic) bond motifs is 1. The molecular weight excluding hydrogens is 462 g/mol. The van der Waals surface area contributed by atoms with E-state index in [0.29, 0.717) is 23.0 Å². The second-order valence-electron chi connectivity index (χ2n) is 7.98. The Kier molecular flexibility index (Phi) is 6.76. The molecule has 4 rings (SSSR count). The van der Waals surface area contributed by atoms with E-state index in [9.17, 15) is 18.0 Å². The summed E-state index contributed by atoms with van der Waals surface area (Å²) in [5.74, 6) is -0.511. The van der Waals surface area contributed by atoms with Crippen LogP contribution >= 0.6 is 11.8 Å². The lowest BCUT2D eigenvalue weighted by Crippen LogP contribution is -2.36. The van der Waals surface area contributed by atoms with Crippen molar-refractivity contribution in [3.8, 4) is 0 Å². The average Bonchev–Trinajstić information content (AvgIpc) is 3.26. The van der Waals surface area contributed by atoms with Gasteiger partial charge in [0.25, 0.3) is 0 Å². The van der Waals surface area contributed by atoms with Crippen LogP contribution in [-0.2, 0) is 19.4 Å². The minimum atomic E-state index is -3.06. The quantitative estimate of drug-likeness (QED) is 0.625. The molecule has 0 aliphatic carbocycles. The molecule has 2 aromatic carbocycles. The van der Waals surface area contributed by atoms with Crippen LogP contribution in [0.25, 0.3) is 0 Å². The Morgan fingerprint density at radius 1 is 1.18 bits per heavy atom. The fourth-order valence-electron chi connectivity index (χ4n) is 3.78. The third-order valence-electron chi connectivity index (χ3n) is 5.33. The highest BCUT2D eigenvalue weighted by Gasteiger charge is 2.44. The van der Waals surface area contributed by atoms with Crippen molar-refractivity contribution >= 4 is 50.0 Å². The maximum absolute atomic E-state index is 12.9. The highest BCUT2D eigenvalue weighted by Crippen LogP contribution is 2.36. The summed E-state index contributed by atoms with van der Waals surface area (Å²) in [6.45, 7) is 4.02. The molecule has 1 fully saturated rings. The number of benzene rings is 2. The van der Waals surface area contributed by atoms with Crippen LogP contribution in [0.1, 0.15) is 22.8 Å². The van der Waals surface area contributed by atoms with Gasteiger partial charge in [-0.25, -0.2) is 13.2 Å². The Labute approximate surface area is 197 Å². The molecule has 8 nitrogen and oxygen atoms in total. The summed E-state index contributed by atoms with van der Waals surface area (Å²) < 4.78 is 28.8. The van der Waals surface area contributed by atoms with Crippen LogP contribution in [0.3, 0.4) is 0 Å². The number of rotatable bonds is 6. The Morgan fingerprint density at radius 2 is 1.94 bits per heavy atom. The van der Waals surface area contributed by atoms with E-state index in [1.807, 2.05) is 36.1 Å². The van der Waals surface area contributed by atoms with Crippen LogP contribution in [0.2, 0.25) is 0 Å². The molecule has 1 saturated heterocycles. The number of anilines is 2. The molecule has 0 aromatic heterocycles. The van der Waals surface area contributed by atoms with Crippen LogP contribution in [0.4, 0.5) is 11.4 Å². The van der Waals surface area contributed by atoms with E-state index < -0.39 is 15.8 Å². The van der Waals surface area contributed by atoms with Gasteiger partial charge in [0, 0.05) is 16.6 Å². The Morgan fingerprint density at radius 3 is 2.61 bits per heavy atom. The summed E-state index contributed by atoms with van der Waals surface area (Å²) in [7, 11) is -3.06. The van der Waals surface area contributed by atoms with E-state index in [-0.39, 0.29) is 35.2 Å². The van der Waals surface area contributed by atoms with Crippen LogP contribution in [0.15, 0.2) is 53.5 Å². The number of esters is 1. The molecule has 1 amide bonds. The smallest absolute Gasteiger partial charge is 0.338 e. The number of aryl methyl sites for hydroxylation is 1. The number of carbonyl (C=O) groups excluding carboxylic acids is 2. The number of carbonyl (C=O) groups is 2. The van der Waals surface area contributed by atoms with Crippen LogP contribution < -0.4 is 10.2 Å². The molecule has 2 atom stereocenters. The standard InChI is InChI=1S/C23H25N3O5S2/c1-3-31-22(28)16-7-9-17(10-8-16)24-21(27)12-26(18-6-4-5-15(2)11-18)23-25-19-13-33(29,30)14-20(19)32-23/h4-11,19-20H,3,12-14H2,1-2H3,(H,24,27)/t19-,20+/m1/s1. The van der Waals surface area contributed by atoms with Gasteiger partial charge in [0.2, 0.25) is 5.91 Å². The van der Waals surface area contributed by atoms with Gasteiger partial charge in [0.05, 0.1) is 29.7 Å². The Balaban J connectivity index is 1.50. The molecule has 0 unspecified atom stereocenters. The van der Waals surface area contributed by atoms with Gasteiger partial charge in [-0.05, 0) is 55.8 Å². The van der Waals surface area contributed by atoms with Crippen molar-refractivity contribution in [2.24, 2.45) is 4.99 Å². The minimum absolute atomic E-state index is 0.0150. The third kappa shape index (κ3) is 5.56. The average molecular weight is 488 g/mol. The number of amidine groups is 1. The summed E-state index contributed by atoms with van der Waals surface area (Å²) in [5.41, 5.74) is 2.83. The first-order valence-electron chi connectivity index (χ1n) is 10.6. The zero-order valence-corrected chi connectivity index (χ0v) is 20.0. The van der Waals surface area contributed by atoms with Gasteiger partial charge >= 0.3 is 5.97 Å². The van der Waals surface area contributed by atoms with Gasteiger partial charge in [-0.2, -0.15) is 0 Å². The van der Waals surface area contributed by atoms with Gasteiger partial charge < -0.3 is 15.0 Å². The number of hydrogen-bond acceptors (Lipinski definition) is 8. The topological polar surface area (TPSA) is 105 Å². The van der Waals surface area contributed by atoms with E-state index in [4.69, 9.17) is 4.74 Å². The first-order valence-corrected chi connectivity index (χ1v) is 13.3. The molecule has 0 bridgehead atoms. The van der Waals surface area contributed by atoms with Gasteiger partial charge in [0.15, 0.2) is 15.0 Å². The molecule has 2 aliphatic heterocycles. The van der Waals surface area contributed by atoms with E-state index in [1.54, 1.807) is 31.2 Å². The molecule has 33 heavy (non-hydrogen) atoms. The maximum Gasteiger partial charge on any atom is 0.338 e. The van der Waals surface area contributed by atoms with Gasteiger partial charge in [-0.15, -0.1) is 0 Å². The largest absolute Gasteiger partial charge is 0.462 e. The highest BCUT2D eigenvalue weighted by molar-refractivity contribution is 8.15. The van der Waals surface area contributed by atoms with E-state index in [1.165, 1.54) is 11.8 Å². The fourth-order valence-corrected chi connectivity index (χ4v) is 7.56. The number of thioether (sulfide) groups is 1. The summed E-state index contributed by atoms with van der Waals surface area (Å²) in [4.78, 5) is 31.2. The monoisotopic (exact) mass is 487 g/mol. The van der Waals surface area contributed by atoms with Gasteiger partial charge in [0.1, 0.15) is 6.54 Å². The van der Waals surface area contributed by atoms with Crippen molar-refractivity contribution in [1.82, 2.24) is 0 Å². The Hall–Kier alpha value is -2.85. The van der Waals surface area contributed by atoms with E-state index in [2.05, 4.69) is 10.3 Å². The number of aliphatic imine (C=N–C) groups is 1. The van der Waals surface area contributed by atoms with Crippen molar-refractivity contribution in [2.75, 3.05) is 34.9 Å². The molecule has 0 radical (unpaired) electrons. The lowest BCUT2D eigenvalue weighted by Gasteiger charge is -2.24. The van der Waals surface area contributed by atoms with Crippen LogP contribution in [0, 0.1) is 6.92 Å². The van der Waals surface area contributed by atoms with Crippen molar-refractivity contribution in [3.63, 3.8) is 0 Å². The predicted octanol–water partition coefficient (Wildman–Crippen LogP) is 2.89. The number of nitrogens with one attached hydrogen (secondary N) is 1. The predicted molar refractivity (Wildman–Crippen MR) is 131 cm³/mol. The lowest BCUT2D eigenvalue weighted by atomic mass is 10.2. The molecule has 2 heterocycles. The number of amides is 1. The second-order valence-corrected chi connectivity index (χ2v) is 11.3. The van der Waals surface area contributed by atoms with Crippen molar-refractivity contribution in [3.05, 3.63) is 59.7 Å². The summed E-state index contributed by atoms with van der Waals surface area (Å²) in [6.07, 6.45) is 0. The molecule has 2 aromatic rings. The molecular formula is C23H25N3O5S2. The number of hydrogen-bond donors (Lipinski definition) is 1. The SMILES string of the molecule is CCOC(=O)c1ccc(NC(=O)CN(C2=N[C@@H]3CS(=O)(=O)C[C@@H]3S2)c2cccc(C)c2)cc1. The fraction of sp³-hybridized carbons (Fsp3) is 0.348. The molecule has 0 spiro atoms. The highest BCUT2D eigenvalue weighted by atomic mass is 32.2. The van der Waals surface area contributed by atoms with Crippen molar-refractivity contribution in [2.45, 2.75) is 25.1 Å². The summed E-state index contributed by atoms with van der Waals surface area (Å²) in [5, 5.41) is 3.39. The first kappa shape index (κ1) is 23.3. The number of sulfone groups is 1. The van der Waals surface area contributed by atoms with Crippen LogP contribution in [-0.4, -0.2) is 61.4 Å². The van der Waals surface area contributed by atoms with Gasteiger partial charge in [-0.1, -0.05) is 23.9 Å².